The Morgan fingerprint density at radius 3 is 1.44 bits per heavy atom. The Labute approximate surface area is 166 Å². The number of nitro benzene ring substituents is 2. The Morgan fingerprint density at radius 2 is 1.11 bits per heavy atom. The van der Waals surface area contributed by atoms with Crippen LogP contribution in [0.2, 0.25) is 5.28 Å². The van der Waals surface area contributed by atoms with Crippen LogP contribution in [-0.4, -0.2) is 19.8 Å². The zero-order valence-corrected chi connectivity index (χ0v) is 15.7. The number of nitrogens with zero attached hydrogens (tertiary/aromatic N) is 4. The van der Waals surface area contributed by atoms with E-state index in [-0.39, 0.29) is 16.7 Å². The number of nitro groups is 2. The molecule has 0 spiro atoms. The summed E-state index contributed by atoms with van der Waals surface area (Å²) in [7, 11) is 0. The molecule has 0 aliphatic carbocycles. The van der Waals surface area contributed by atoms with Gasteiger partial charge in [-0.05, 0) is 35.9 Å². The fraction of sp³-hybridized carbons (Fsp3) is 0. The van der Waals surface area contributed by atoms with E-state index in [0.29, 0.717) is 10.1 Å². The predicted octanol–water partition coefficient (Wildman–Crippen LogP) is 5.25. The Kier molecular flexibility index (Phi) is 5.89. The molecule has 0 bridgehead atoms. The van der Waals surface area contributed by atoms with Gasteiger partial charge in [0.15, 0.2) is 0 Å². The summed E-state index contributed by atoms with van der Waals surface area (Å²) in [5.74, 6) is 0. The van der Waals surface area contributed by atoms with Crippen molar-refractivity contribution in [1.82, 2.24) is 9.97 Å². The Hall–Kier alpha value is -2.69. The fourth-order valence-electron chi connectivity index (χ4n) is 1.99. The third-order valence-corrected chi connectivity index (χ3v) is 5.21. The summed E-state index contributed by atoms with van der Waals surface area (Å²) >= 11 is 8.57. The normalized spacial score (nSPS) is 10.6. The van der Waals surface area contributed by atoms with Crippen LogP contribution in [0.1, 0.15) is 0 Å². The number of non-ortho nitro benzene ring substituents is 2. The highest BCUT2D eigenvalue weighted by Gasteiger charge is 2.10. The predicted molar refractivity (Wildman–Crippen MR) is 101 cm³/mol. The molecule has 0 amide bonds. The van der Waals surface area contributed by atoms with Gasteiger partial charge in [0.25, 0.3) is 11.4 Å². The molecule has 1 heterocycles. The third-order valence-electron chi connectivity index (χ3n) is 3.19. The first-order valence-electron chi connectivity index (χ1n) is 7.30. The van der Waals surface area contributed by atoms with Crippen LogP contribution in [0.15, 0.2) is 74.4 Å². The van der Waals surface area contributed by atoms with Gasteiger partial charge in [0.1, 0.15) is 10.1 Å². The van der Waals surface area contributed by atoms with E-state index in [2.05, 4.69) is 9.97 Å². The second-order valence-corrected chi connectivity index (χ2v) is 7.55. The molecule has 3 rings (SSSR count). The van der Waals surface area contributed by atoms with Crippen molar-refractivity contribution in [3.8, 4) is 0 Å². The summed E-state index contributed by atoms with van der Waals surface area (Å²) in [6.07, 6.45) is 0. The van der Waals surface area contributed by atoms with E-state index in [1.807, 2.05) is 0 Å². The molecule has 1 aromatic heterocycles. The third kappa shape index (κ3) is 5.16. The van der Waals surface area contributed by atoms with Crippen molar-refractivity contribution in [2.75, 3.05) is 0 Å². The second kappa shape index (κ2) is 8.33. The molecule has 2 aromatic carbocycles. The van der Waals surface area contributed by atoms with Gasteiger partial charge in [0.2, 0.25) is 5.28 Å². The van der Waals surface area contributed by atoms with E-state index >= 15 is 0 Å². The van der Waals surface area contributed by atoms with Crippen LogP contribution < -0.4 is 0 Å². The van der Waals surface area contributed by atoms with Crippen molar-refractivity contribution in [2.45, 2.75) is 19.8 Å². The van der Waals surface area contributed by atoms with Gasteiger partial charge in [0, 0.05) is 40.1 Å². The number of halogens is 1. The van der Waals surface area contributed by atoms with E-state index in [1.165, 1.54) is 47.8 Å². The summed E-state index contributed by atoms with van der Waals surface area (Å²) in [4.78, 5) is 30.3. The first-order chi connectivity index (χ1) is 12.9. The van der Waals surface area contributed by atoms with Crippen molar-refractivity contribution in [3.63, 3.8) is 0 Å². The molecule has 0 fully saturated rings. The Bertz CT molecular complexity index is 923. The molecule has 0 saturated heterocycles. The minimum absolute atomic E-state index is 0.00878. The molecule has 136 valence electrons. The number of hydrogen-bond acceptors (Lipinski definition) is 8. The highest BCUT2D eigenvalue weighted by molar-refractivity contribution is 8.00. The van der Waals surface area contributed by atoms with Gasteiger partial charge < -0.3 is 0 Å². The highest BCUT2D eigenvalue weighted by Crippen LogP contribution is 2.33. The first kappa shape index (κ1) is 19.1. The molecule has 0 atom stereocenters. The Balaban J connectivity index is 1.77. The summed E-state index contributed by atoms with van der Waals surface area (Å²) in [5.41, 5.74) is 0.0176. The minimum atomic E-state index is -0.463. The first-order valence-corrected chi connectivity index (χ1v) is 9.31. The maximum absolute atomic E-state index is 10.7. The fourth-order valence-corrected chi connectivity index (χ4v) is 3.98. The largest absolute Gasteiger partial charge is 0.269 e. The molecule has 0 unspecified atom stereocenters. The number of benzene rings is 2. The van der Waals surface area contributed by atoms with Crippen LogP contribution in [0.3, 0.4) is 0 Å². The van der Waals surface area contributed by atoms with Gasteiger partial charge in [-0.1, -0.05) is 23.5 Å². The average Bonchev–Trinajstić information content (AvgIpc) is 2.62. The molecule has 0 aliphatic heterocycles. The van der Waals surface area contributed by atoms with E-state index in [9.17, 15) is 20.2 Å². The lowest BCUT2D eigenvalue weighted by molar-refractivity contribution is -0.385. The molecule has 0 aliphatic rings. The molecular weight excluding hydrogens is 412 g/mol. The maximum atomic E-state index is 10.7. The Morgan fingerprint density at radius 1 is 0.741 bits per heavy atom. The minimum Gasteiger partial charge on any atom is -0.258 e. The standard InChI is InChI=1S/C16H9ClN4O4S2/c17-16-18-14(26-12-5-1-10(2-6-12)20(22)23)9-15(19-16)27-13-7-3-11(4-8-13)21(24)25/h1-9H. The number of aromatic nitrogens is 2. The number of hydrogen-bond donors (Lipinski definition) is 0. The lowest BCUT2D eigenvalue weighted by atomic mass is 10.3. The molecule has 27 heavy (non-hydrogen) atoms. The van der Waals surface area contributed by atoms with Crippen molar-refractivity contribution in [2.24, 2.45) is 0 Å². The van der Waals surface area contributed by atoms with Crippen LogP contribution in [0.25, 0.3) is 0 Å². The van der Waals surface area contributed by atoms with E-state index in [1.54, 1.807) is 30.3 Å². The van der Waals surface area contributed by atoms with Crippen LogP contribution in [0.4, 0.5) is 11.4 Å². The van der Waals surface area contributed by atoms with Crippen LogP contribution in [0, 0.1) is 20.2 Å². The molecular formula is C16H9ClN4O4S2. The maximum Gasteiger partial charge on any atom is 0.269 e. The molecule has 0 saturated carbocycles. The lowest BCUT2D eigenvalue weighted by Gasteiger charge is -2.05. The second-order valence-electron chi connectivity index (χ2n) is 5.02. The van der Waals surface area contributed by atoms with Crippen molar-refractivity contribution in [3.05, 3.63) is 80.1 Å². The van der Waals surface area contributed by atoms with E-state index in [0.717, 1.165) is 9.79 Å². The van der Waals surface area contributed by atoms with Gasteiger partial charge in [-0.15, -0.1) is 0 Å². The highest BCUT2D eigenvalue weighted by atomic mass is 35.5. The van der Waals surface area contributed by atoms with E-state index in [4.69, 9.17) is 11.6 Å². The van der Waals surface area contributed by atoms with Gasteiger partial charge in [-0.25, -0.2) is 9.97 Å². The van der Waals surface area contributed by atoms with E-state index < -0.39 is 9.85 Å². The van der Waals surface area contributed by atoms with Crippen molar-refractivity contribution >= 4 is 46.5 Å². The quantitative estimate of drug-likeness (QED) is 0.230. The zero-order valence-electron chi connectivity index (χ0n) is 13.3. The molecule has 0 radical (unpaired) electrons. The SMILES string of the molecule is O=[N+]([O-])c1ccc(Sc2cc(Sc3ccc([N+](=O)[O-])cc3)nc(Cl)n2)cc1. The molecule has 0 N–H and O–H groups in total. The molecule has 11 heteroatoms. The molecule has 3 aromatic rings. The summed E-state index contributed by atoms with van der Waals surface area (Å²) in [5, 5.41) is 22.6. The monoisotopic (exact) mass is 420 g/mol. The summed E-state index contributed by atoms with van der Waals surface area (Å²) in [6, 6.07) is 13.9. The van der Waals surface area contributed by atoms with Crippen LogP contribution in [0.5, 0.6) is 0 Å². The van der Waals surface area contributed by atoms with Gasteiger partial charge in [-0.3, -0.25) is 20.2 Å². The molecule has 8 nitrogen and oxygen atoms in total. The van der Waals surface area contributed by atoms with Gasteiger partial charge in [0.05, 0.1) is 9.85 Å². The van der Waals surface area contributed by atoms with Crippen LogP contribution >= 0.6 is 35.1 Å². The average molecular weight is 421 g/mol. The zero-order chi connectivity index (χ0) is 19.4. The van der Waals surface area contributed by atoms with Crippen LogP contribution in [-0.2, 0) is 0 Å². The smallest absolute Gasteiger partial charge is 0.258 e. The lowest BCUT2D eigenvalue weighted by Crippen LogP contribution is -1.90. The van der Waals surface area contributed by atoms with Crippen molar-refractivity contribution < 1.29 is 9.85 Å². The topological polar surface area (TPSA) is 112 Å². The summed E-state index contributed by atoms with van der Waals surface area (Å²) < 4.78 is 0. The number of rotatable bonds is 6. The van der Waals surface area contributed by atoms with Gasteiger partial charge >= 0.3 is 0 Å². The van der Waals surface area contributed by atoms with Crippen molar-refractivity contribution in [1.29, 1.82) is 0 Å². The summed E-state index contributed by atoms with van der Waals surface area (Å²) in [6.45, 7) is 0. The van der Waals surface area contributed by atoms with Gasteiger partial charge in [-0.2, -0.15) is 0 Å².